The molecule has 0 N–H and O–H groups in total. The van der Waals surface area contributed by atoms with Crippen molar-refractivity contribution in [2.75, 3.05) is 6.61 Å². The maximum absolute atomic E-state index is 10.9. The van der Waals surface area contributed by atoms with Crippen molar-refractivity contribution < 1.29 is 14.3 Å². The Morgan fingerprint density at radius 1 is 1.30 bits per heavy atom. The van der Waals surface area contributed by atoms with Crippen LogP contribution in [0.1, 0.15) is 44.7 Å². The Morgan fingerprint density at radius 3 is 2.50 bits per heavy atom. The monoisotopic (exact) mass is 276 g/mol. The van der Waals surface area contributed by atoms with Crippen molar-refractivity contribution in [1.29, 1.82) is 0 Å². The van der Waals surface area contributed by atoms with Gasteiger partial charge in [0.05, 0.1) is 12.9 Å². The Balaban J connectivity index is 2.39. The van der Waals surface area contributed by atoms with Gasteiger partial charge in [-0.3, -0.25) is 0 Å². The lowest BCUT2D eigenvalue weighted by molar-refractivity contribution is 0.0840. The first kappa shape index (κ1) is 16.3. The lowest BCUT2D eigenvalue weighted by Gasteiger charge is -2.23. The molecule has 0 aliphatic carbocycles. The summed E-state index contributed by atoms with van der Waals surface area (Å²) < 4.78 is 9.33. The second kappa shape index (κ2) is 7.73. The molecule has 0 saturated carbocycles. The number of hydrogen-bond acceptors (Lipinski definition) is 3. The van der Waals surface area contributed by atoms with Crippen LogP contribution in [0.4, 0.5) is 4.79 Å². The van der Waals surface area contributed by atoms with Gasteiger partial charge in [0.2, 0.25) is 0 Å². The first-order valence-corrected chi connectivity index (χ1v) is 7.03. The molecule has 0 bridgehead atoms. The molecule has 0 saturated heterocycles. The molecular formula is C17H24O3. The Kier molecular flexibility index (Phi) is 6.29. The molecule has 20 heavy (non-hydrogen) atoms. The Labute approximate surface area is 121 Å². The molecule has 3 nitrogen and oxygen atoms in total. The van der Waals surface area contributed by atoms with Crippen molar-refractivity contribution in [1.82, 2.24) is 0 Å². The number of rotatable bonds is 7. The summed E-state index contributed by atoms with van der Waals surface area (Å²) in [5.74, 6) is 0. The van der Waals surface area contributed by atoms with Crippen molar-refractivity contribution in [3.8, 4) is 0 Å². The fourth-order valence-corrected chi connectivity index (χ4v) is 1.86. The maximum Gasteiger partial charge on any atom is 0.513 e. The van der Waals surface area contributed by atoms with Gasteiger partial charge < -0.3 is 9.47 Å². The number of carbonyl (C=O) groups excluding carboxylic acids is 1. The normalized spacial score (nSPS) is 10.9. The standard InChI is InChI=1S/C17H24O3/c1-5-17(3,4)15-11-9-14(10-12-15)8-7-13-20-16(18)19-6-2/h6,9-12H,2,5,7-8,13H2,1,3-4H3. The molecule has 1 rings (SSSR count). The van der Waals surface area contributed by atoms with Gasteiger partial charge >= 0.3 is 6.16 Å². The van der Waals surface area contributed by atoms with E-state index in [9.17, 15) is 4.79 Å². The van der Waals surface area contributed by atoms with Crippen LogP contribution in [-0.4, -0.2) is 12.8 Å². The highest BCUT2D eigenvalue weighted by Gasteiger charge is 2.17. The van der Waals surface area contributed by atoms with Crippen LogP contribution in [0.5, 0.6) is 0 Å². The summed E-state index contributed by atoms with van der Waals surface area (Å²) in [6, 6.07) is 8.67. The summed E-state index contributed by atoms with van der Waals surface area (Å²) in [4.78, 5) is 10.9. The van der Waals surface area contributed by atoms with E-state index >= 15 is 0 Å². The number of ether oxygens (including phenoxy) is 2. The molecule has 0 heterocycles. The van der Waals surface area contributed by atoms with E-state index in [1.807, 2.05) is 0 Å². The van der Waals surface area contributed by atoms with Crippen LogP contribution in [-0.2, 0) is 21.3 Å². The highest BCUT2D eigenvalue weighted by Crippen LogP contribution is 2.26. The third-order valence-corrected chi connectivity index (χ3v) is 3.63. The zero-order valence-electron chi connectivity index (χ0n) is 12.6. The molecule has 0 radical (unpaired) electrons. The van der Waals surface area contributed by atoms with E-state index in [1.165, 1.54) is 11.1 Å². The van der Waals surface area contributed by atoms with E-state index in [0.717, 1.165) is 25.5 Å². The van der Waals surface area contributed by atoms with E-state index in [0.29, 0.717) is 6.61 Å². The summed E-state index contributed by atoms with van der Waals surface area (Å²) in [5, 5.41) is 0. The predicted octanol–water partition coefficient (Wildman–Crippen LogP) is 4.60. The van der Waals surface area contributed by atoms with E-state index in [1.54, 1.807) is 0 Å². The number of hydrogen-bond donors (Lipinski definition) is 0. The Morgan fingerprint density at radius 2 is 1.95 bits per heavy atom. The minimum Gasteiger partial charge on any atom is -0.434 e. The first-order chi connectivity index (χ1) is 9.49. The molecule has 0 fully saturated rings. The van der Waals surface area contributed by atoms with Crippen molar-refractivity contribution >= 4 is 6.16 Å². The van der Waals surface area contributed by atoms with Gasteiger partial charge in [0.1, 0.15) is 0 Å². The molecule has 0 aliphatic heterocycles. The molecule has 1 aromatic rings. The average Bonchev–Trinajstić information content (AvgIpc) is 2.44. The van der Waals surface area contributed by atoms with Gasteiger partial charge in [0.25, 0.3) is 0 Å². The smallest absolute Gasteiger partial charge is 0.434 e. The molecule has 1 aromatic carbocycles. The van der Waals surface area contributed by atoms with E-state index in [-0.39, 0.29) is 5.41 Å². The van der Waals surface area contributed by atoms with E-state index in [4.69, 9.17) is 4.74 Å². The minimum atomic E-state index is -0.694. The average molecular weight is 276 g/mol. The number of carbonyl (C=O) groups is 1. The fraction of sp³-hybridized carbons (Fsp3) is 0.471. The van der Waals surface area contributed by atoms with E-state index < -0.39 is 6.16 Å². The highest BCUT2D eigenvalue weighted by molar-refractivity contribution is 5.60. The van der Waals surface area contributed by atoms with Gasteiger partial charge in [0, 0.05) is 0 Å². The molecule has 0 spiro atoms. The summed E-state index contributed by atoms with van der Waals surface area (Å²) in [6.45, 7) is 10.3. The second-order valence-corrected chi connectivity index (χ2v) is 5.42. The van der Waals surface area contributed by atoms with E-state index in [2.05, 4.69) is 56.4 Å². The summed E-state index contributed by atoms with van der Waals surface area (Å²) in [5.41, 5.74) is 2.83. The third kappa shape index (κ3) is 5.08. The van der Waals surface area contributed by atoms with Crippen molar-refractivity contribution in [2.45, 2.75) is 45.4 Å². The topological polar surface area (TPSA) is 35.5 Å². The summed E-state index contributed by atoms with van der Waals surface area (Å²) in [7, 11) is 0. The van der Waals surface area contributed by atoms with Crippen LogP contribution in [0.15, 0.2) is 37.1 Å². The van der Waals surface area contributed by atoms with Crippen LogP contribution >= 0.6 is 0 Å². The van der Waals surface area contributed by atoms with Crippen molar-refractivity contribution in [3.63, 3.8) is 0 Å². The highest BCUT2D eigenvalue weighted by atomic mass is 16.7. The Bertz CT molecular complexity index is 432. The molecule has 110 valence electrons. The van der Waals surface area contributed by atoms with Crippen LogP contribution in [0.25, 0.3) is 0 Å². The molecule has 0 aromatic heterocycles. The maximum atomic E-state index is 10.9. The largest absolute Gasteiger partial charge is 0.513 e. The predicted molar refractivity (Wildman–Crippen MR) is 80.7 cm³/mol. The second-order valence-electron chi connectivity index (χ2n) is 5.42. The molecule has 0 aliphatic rings. The molecule has 0 unspecified atom stereocenters. The number of benzene rings is 1. The zero-order valence-corrected chi connectivity index (χ0v) is 12.6. The van der Waals surface area contributed by atoms with Gasteiger partial charge in [-0.05, 0) is 35.8 Å². The van der Waals surface area contributed by atoms with Gasteiger partial charge in [-0.2, -0.15) is 0 Å². The molecule has 3 heteroatoms. The first-order valence-electron chi connectivity index (χ1n) is 7.03. The molecule has 0 amide bonds. The lowest BCUT2D eigenvalue weighted by Crippen LogP contribution is -2.15. The van der Waals surface area contributed by atoms with Gasteiger partial charge in [-0.15, -0.1) is 0 Å². The summed E-state index contributed by atoms with van der Waals surface area (Å²) in [6.07, 6.45) is 3.15. The van der Waals surface area contributed by atoms with Crippen LogP contribution in [0.3, 0.4) is 0 Å². The van der Waals surface area contributed by atoms with Gasteiger partial charge in [-0.1, -0.05) is 51.6 Å². The van der Waals surface area contributed by atoms with Crippen molar-refractivity contribution in [3.05, 3.63) is 48.2 Å². The lowest BCUT2D eigenvalue weighted by atomic mass is 9.82. The van der Waals surface area contributed by atoms with Crippen LogP contribution < -0.4 is 0 Å². The quantitative estimate of drug-likeness (QED) is 0.414. The fourth-order valence-electron chi connectivity index (χ4n) is 1.86. The Hall–Kier alpha value is -1.77. The summed E-state index contributed by atoms with van der Waals surface area (Å²) >= 11 is 0. The van der Waals surface area contributed by atoms with Gasteiger partial charge in [0.15, 0.2) is 0 Å². The third-order valence-electron chi connectivity index (χ3n) is 3.63. The SMILES string of the molecule is C=COC(=O)OCCCc1ccc(C(C)(C)CC)cc1. The minimum absolute atomic E-state index is 0.218. The number of aryl methyl sites for hydroxylation is 1. The molecule has 0 atom stereocenters. The van der Waals surface area contributed by atoms with Crippen LogP contribution in [0.2, 0.25) is 0 Å². The zero-order chi connectivity index (χ0) is 15.0. The van der Waals surface area contributed by atoms with Crippen LogP contribution in [0, 0.1) is 0 Å². The molecular weight excluding hydrogens is 252 g/mol. The van der Waals surface area contributed by atoms with Crippen molar-refractivity contribution in [2.24, 2.45) is 0 Å². The van der Waals surface area contributed by atoms with Gasteiger partial charge in [-0.25, -0.2) is 4.79 Å².